The molecular formula is C17H21N5O2S. The highest BCUT2D eigenvalue weighted by Gasteiger charge is 2.24. The van der Waals surface area contributed by atoms with Gasteiger partial charge in [0.15, 0.2) is 0 Å². The maximum atomic E-state index is 12.0. The SMILES string of the molecule is Cc1cc(=O)n2nc(NC[C@@H](c3ccco3)N3CCCCC3)sc2n1. The number of hydrogen-bond acceptors (Lipinski definition) is 7. The molecule has 8 heteroatoms. The molecule has 1 N–H and O–H groups in total. The van der Waals surface area contributed by atoms with Crippen LogP contribution in [0.3, 0.4) is 0 Å². The van der Waals surface area contributed by atoms with Gasteiger partial charge in [-0.15, -0.1) is 5.10 Å². The van der Waals surface area contributed by atoms with Crippen molar-refractivity contribution in [3.63, 3.8) is 0 Å². The van der Waals surface area contributed by atoms with Crippen molar-refractivity contribution in [1.29, 1.82) is 0 Å². The first-order chi connectivity index (χ1) is 12.2. The van der Waals surface area contributed by atoms with E-state index >= 15 is 0 Å². The summed E-state index contributed by atoms with van der Waals surface area (Å²) in [6, 6.07) is 5.61. The molecule has 0 saturated carbocycles. The lowest BCUT2D eigenvalue weighted by Gasteiger charge is -2.33. The molecule has 1 aliphatic rings. The van der Waals surface area contributed by atoms with Crippen LogP contribution >= 0.6 is 11.3 Å². The third-order valence-electron chi connectivity index (χ3n) is 4.52. The van der Waals surface area contributed by atoms with Gasteiger partial charge >= 0.3 is 0 Å². The van der Waals surface area contributed by atoms with Gasteiger partial charge in [-0.25, -0.2) is 4.98 Å². The monoisotopic (exact) mass is 359 g/mol. The quantitative estimate of drug-likeness (QED) is 0.755. The third-order valence-corrected chi connectivity index (χ3v) is 5.39. The fraction of sp³-hybridized carbons (Fsp3) is 0.471. The van der Waals surface area contributed by atoms with Gasteiger partial charge in [-0.3, -0.25) is 9.69 Å². The molecule has 25 heavy (non-hydrogen) atoms. The molecule has 0 aromatic carbocycles. The molecule has 4 rings (SSSR count). The number of furan rings is 1. The number of nitrogens with zero attached hydrogens (tertiary/aromatic N) is 4. The molecule has 1 atom stereocenters. The summed E-state index contributed by atoms with van der Waals surface area (Å²) in [7, 11) is 0. The Morgan fingerprint density at radius 2 is 2.20 bits per heavy atom. The van der Waals surface area contributed by atoms with Crippen molar-refractivity contribution in [3.8, 4) is 0 Å². The van der Waals surface area contributed by atoms with E-state index in [4.69, 9.17) is 4.42 Å². The van der Waals surface area contributed by atoms with Gasteiger partial charge in [-0.05, 0) is 45.0 Å². The molecule has 1 saturated heterocycles. The van der Waals surface area contributed by atoms with Crippen molar-refractivity contribution in [2.45, 2.75) is 32.2 Å². The molecule has 132 valence electrons. The van der Waals surface area contributed by atoms with Crippen molar-refractivity contribution >= 4 is 21.4 Å². The Morgan fingerprint density at radius 3 is 2.96 bits per heavy atom. The highest BCUT2D eigenvalue weighted by atomic mass is 32.1. The standard InChI is InChI=1S/C17H21N5O2S/c1-12-10-15(23)22-17(19-12)25-16(20-22)18-11-13(14-6-5-9-24-14)21-7-3-2-4-8-21/h5-6,9-10,13H,2-4,7-8,11H2,1H3,(H,18,20)/t13-/m0/s1. The molecule has 0 unspecified atom stereocenters. The van der Waals surface area contributed by atoms with Gasteiger partial charge in [0.25, 0.3) is 5.56 Å². The van der Waals surface area contributed by atoms with Crippen LogP contribution in [0.5, 0.6) is 0 Å². The summed E-state index contributed by atoms with van der Waals surface area (Å²) in [5, 5.41) is 8.42. The zero-order valence-corrected chi connectivity index (χ0v) is 15.0. The van der Waals surface area contributed by atoms with E-state index in [2.05, 4.69) is 20.3 Å². The van der Waals surface area contributed by atoms with Crippen LogP contribution in [0.15, 0.2) is 33.7 Å². The number of aryl methyl sites for hydroxylation is 1. The molecule has 0 bridgehead atoms. The fourth-order valence-corrected chi connectivity index (χ4v) is 4.15. The first-order valence-electron chi connectivity index (χ1n) is 8.59. The van der Waals surface area contributed by atoms with Gasteiger partial charge in [0.1, 0.15) is 5.76 Å². The van der Waals surface area contributed by atoms with E-state index in [1.807, 2.05) is 19.1 Å². The average molecular weight is 359 g/mol. The number of nitrogens with one attached hydrogen (secondary N) is 1. The van der Waals surface area contributed by atoms with Crippen LogP contribution in [0.1, 0.15) is 36.8 Å². The summed E-state index contributed by atoms with van der Waals surface area (Å²) in [5.41, 5.74) is 0.562. The first-order valence-corrected chi connectivity index (χ1v) is 9.41. The second-order valence-corrected chi connectivity index (χ2v) is 7.30. The largest absolute Gasteiger partial charge is 0.468 e. The fourth-order valence-electron chi connectivity index (χ4n) is 3.30. The van der Waals surface area contributed by atoms with Crippen molar-refractivity contribution in [2.75, 3.05) is 25.0 Å². The summed E-state index contributed by atoms with van der Waals surface area (Å²) >= 11 is 1.39. The highest BCUT2D eigenvalue weighted by Crippen LogP contribution is 2.26. The van der Waals surface area contributed by atoms with Crippen molar-refractivity contribution in [3.05, 3.63) is 46.3 Å². The van der Waals surface area contributed by atoms with Crippen LogP contribution in [0.25, 0.3) is 4.96 Å². The van der Waals surface area contributed by atoms with Gasteiger partial charge in [0, 0.05) is 18.3 Å². The van der Waals surface area contributed by atoms with E-state index in [0.29, 0.717) is 22.3 Å². The second-order valence-electron chi connectivity index (χ2n) is 6.35. The Labute approximate surface area is 149 Å². The normalized spacial score (nSPS) is 17.0. The summed E-state index contributed by atoms with van der Waals surface area (Å²) in [6.07, 6.45) is 5.45. The van der Waals surface area contributed by atoms with E-state index in [1.165, 1.54) is 41.2 Å². The molecule has 1 fully saturated rings. The number of aromatic nitrogens is 3. The second kappa shape index (κ2) is 6.97. The van der Waals surface area contributed by atoms with Gasteiger partial charge < -0.3 is 9.73 Å². The Bertz CT molecular complexity index is 896. The third kappa shape index (κ3) is 3.45. The molecule has 0 amide bonds. The molecule has 0 spiro atoms. The highest BCUT2D eigenvalue weighted by molar-refractivity contribution is 7.20. The molecule has 4 heterocycles. The summed E-state index contributed by atoms with van der Waals surface area (Å²) < 4.78 is 7.01. The van der Waals surface area contributed by atoms with E-state index in [0.717, 1.165) is 18.8 Å². The molecule has 3 aromatic rings. The lowest BCUT2D eigenvalue weighted by molar-refractivity contribution is 0.153. The zero-order valence-electron chi connectivity index (χ0n) is 14.1. The molecule has 0 radical (unpaired) electrons. The van der Waals surface area contributed by atoms with E-state index in [-0.39, 0.29) is 11.6 Å². The molecule has 3 aromatic heterocycles. The summed E-state index contributed by atoms with van der Waals surface area (Å²) in [6.45, 7) is 4.65. The van der Waals surface area contributed by atoms with E-state index in [9.17, 15) is 4.79 Å². The minimum absolute atomic E-state index is 0.148. The lowest BCUT2D eigenvalue weighted by Crippen LogP contribution is -2.37. The van der Waals surface area contributed by atoms with Crippen LogP contribution in [0, 0.1) is 6.92 Å². The average Bonchev–Trinajstić information content (AvgIpc) is 3.26. The summed E-state index contributed by atoms with van der Waals surface area (Å²) in [5.74, 6) is 0.960. The molecular weight excluding hydrogens is 338 g/mol. The number of fused-ring (bicyclic) bond motifs is 1. The van der Waals surface area contributed by atoms with E-state index < -0.39 is 0 Å². The van der Waals surface area contributed by atoms with Crippen molar-refractivity contribution in [2.24, 2.45) is 0 Å². The number of hydrogen-bond donors (Lipinski definition) is 1. The molecule has 7 nitrogen and oxygen atoms in total. The zero-order chi connectivity index (χ0) is 17.2. The topological polar surface area (TPSA) is 75.7 Å². The van der Waals surface area contributed by atoms with Crippen LogP contribution in [-0.4, -0.2) is 39.1 Å². The van der Waals surface area contributed by atoms with Gasteiger partial charge in [-0.1, -0.05) is 17.8 Å². The van der Waals surface area contributed by atoms with Crippen LogP contribution in [-0.2, 0) is 0 Å². The van der Waals surface area contributed by atoms with Gasteiger partial charge in [0.05, 0.1) is 12.3 Å². The maximum absolute atomic E-state index is 12.0. The molecule has 0 aliphatic carbocycles. The Kier molecular flexibility index (Phi) is 4.54. The molecule has 1 aliphatic heterocycles. The van der Waals surface area contributed by atoms with Gasteiger partial charge in [0.2, 0.25) is 10.1 Å². The number of piperidine rings is 1. The maximum Gasteiger partial charge on any atom is 0.275 e. The van der Waals surface area contributed by atoms with Crippen molar-refractivity contribution < 1.29 is 4.42 Å². The van der Waals surface area contributed by atoms with Crippen molar-refractivity contribution in [1.82, 2.24) is 19.5 Å². The first kappa shape index (κ1) is 16.3. The van der Waals surface area contributed by atoms with Crippen LogP contribution < -0.4 is 10.9 Å². The van der Waals surface area contributed by atoms with E-state index in [1.54, 1.807) is 6.26 Å². The minimum atomic E-state index is -0.148. The summed E-state index contributed by atoms with van der Waals surface area (Å²) in [4.78, 5) is 19.4. The van der Waals surface area contributed by atoms with Crippen LogP contribution in [0.2, 0.25) is 0 Å². The Hall–Kier alpha value is -2.19. The Balaban J connectivity index is 1.54. The van der Waals surface area contributed by atoms with Crippen LogP contribution in [0.4, 0.5) is 5.13 Å². The lowest BCUT2D eigenvalue weighted by atomic mass is 10.1. The predicted octanol–water partition coefficient (Wildman–Crippen LogP) is 2.69. The smallest absolute Gasteiger partial charge is 0.275 e. The number of likely N-dealkylation sites (tertiary alicyclic amines) is 1. The number of rotatable bonds is 5. The Morgan fingerprint density at radius 1 is 1.36 bits per heavy atom. The number of anilines is 1. The minimum Gasteiger partial charge on any atom is -0.468 e. The van der Waals surface area contributed by atoms with Gasteiger partial charge in [-0.2, -0.15) is 4.52 Å². The predicted molar refractivity (Wildman–Crippen MR) is 97.2 cm³/mol.